The van der Waals surface area contributed by atoms with Gasteiger partial charge >= 0.3 is 0 Å². The van der Waals surface area contributed by atoms with Gasteiger partial charge < -0.3 is 0 Å². The molecule has 1 unspecified atom stereocenters. The molecule has 0 N–H and O–H groups in total. The third-order valence-corrected chi connectivity index (χ3v) is 3.29. The van der Waals surface area contributed by atoms with Crippen LogP contribution in [0.25, 0.3) is 0 Å². The molecule has 1 aromatic rings. The van der Waals surface area contributed by atoms with E-state index in [1.54, 1.807) is 0 Å². The molecule has 1 nitrogen and oxygen atoms in total. The lowest BCUT2D eigenvalue weighted by atomic mass is 10.0. The van der Waals surface area contributed by atoms with Gasteiger partial charge in [0.25, 0.3) is 0 Å². The van der Waals surface area contributed by atoms with Crippen LogP contribution in [0.1, 0.15) is 37.8 Å². The van der Waals surface area contributed by atoms with Gasteiger partial charge in [-0.3, -0.25) is 4.90 Å². The van der Waals surface area contributed by atoms with Crippen LogP contribution in [0.5, 0.6) is 0 Å². The fourth-order valence-electron chi connectivity index (χ4n) is 2.39. The molecule has 0 radical (unpaired) electrons. The van der Waals surface area contributed by atoms with Crippen LogP contribution >= 0.6 is 0 Å². The predicted octanol–water partition coefficient (Wildman–Crippen LogP) is 3.79. The normalized spacial score (nSPS) is 17.6. The highest BCUT2D eigenvalue weighted by Crippen LogP contribution is 2.23. The van der Waals surface area contributed by atoms with Gasteiger partial charge in [-0.2, -0.15) is 0 Å². The zero-order chi connectivity index (χ0) is 12.8. The minimum atomic E-state index is 0.225. The van der Waals surface area contributed by atoms with Gasteiger partial charge in [-0.15, -0.1) is 0 Å². The number of likely N-dealkylation sites (tertiary alicyclic amines) is 1. The fourth-order valence-corrected chi connectivity index (χ4v) is 2.39. The zero-order valence-electron chi connectivity index (χ0n) is 11.2. The van der Waals surface area contributed by atoms with E-state index >= 15 is 0 Å². The second-order valence-electron chi connectivity index (χ2n) is 4.96. The topological polar surface area (TPSA) is 3.24 Å². The van der Waals surface area contributed by atoms with Gasteiger partial charge in [0.05, 0.1) is 6.04 Å². The van der Waals surface area contributed by atoms with E-state index in [2.05, 4.69) is 53.7 Å². The predicted molar refractivity (Wildman–Crippen MR) is 77.2 cm³/mol. The Morgan fingerprint density at radius 3 is 2.44 bits per heavy atom. The first-order chi connectivity index (χ1) is 8.77. The van der Waals surface area contributed by atoms with Crippen LogP contribution in [0, 0.1) is 11.8 Å². The molecule has 94 valence electrons. The Bertz CT molecular complexity index is 443. The quantitative estimate of drug-likeness (QED) is 0.710. The van der Waals surface area contributed by atoms with Crippen molar-refractivity contribution in [1.82, 2.24) is 4.90 Å². The van der Waals surface area contributed by atoms with E-state index in [4.69, 9.17) is 0 Å². The van der Waals surface area contributed by atoms with Gasteiger partial charge in [-0.25, -0.2) is 0 Å². The zero-order valence-corrected chi connectivity index (χ0v) is 11.2. The maximum atomic E-state index is 3.87. The fraction of sp³-hybridized carbons (Fsp3) is 0.412. The Labute approximate surface area is 111 Å². The lowest BCUT2D eigenvalue weighted by Gasteiger charge is -2.31. The molecule has 1 fully saturated rings. The van der Waals surface area contributed by atoms with Crippen LogP contribution in [0.15, 0.2) is 42.5 Å². The van der Waals surface area contributed by atoms with E-state index in [1.807, 2.05) is 6.92 Å². The number of nitrogens with zero attached hydrogens (tertiary/aromatic N) is 1. The number of allylic oxidation sites excluding steroid dienone is 1. The minimum Gasteiger partial charge on any atom is -0.286 e. The molecule has 1 aromatic carbocycles. The van der Waals surface area contributed by atoms with Crippen LogP contribution < -0.4 is 0 Å². The van der Waals surface area contributed by atoms with Crippen molar-refractivity contribution in [2.75, 3.05) is 13.1 Å². The molecule has 2 rings (SSSR count). The summed E-state index contributed by atoms with van der Waals surface area (Å²) in [4.78, 5) is 2.49. The summed E-state index contributed by atoms with van der Waals surface area (Å²) in [6.45, 7) is 8.15. The lowest BCUT2D eigenvalue weighted by molar-refractivity contribution is 0.197. The van der Waals surface area contributed by atoms with E-state index in [-0.39, 0.29) is 6.04 Å². The molecule has 0 saturated carbocycles. The summed E-state index contributed by atoms with van der Waals surface area (Å²) in [7, 11) is 0. The van der Waals surface area contributed by atoms with Crippen molar-refractivity contribution >= 4 is 0 Å². The molecule has 1 aliphatic rings. The summed E-state index contributed by atoms with van der Waals surface area (Å²) in [5.41, 5.74) is 2.24. The summed E-state index contributed by atoms with van der Waals surface area (Å²) >= 11 is 0. The first-order valence-corrected chi connectivity index (χ1v) is 6.73. The SMILES string of the molecule is C=C(C)C#CC(c1ccccc1)N1CCCCC1. The van der Waals surface area contributed by atoms with E-state index in [0.717, 1.165) is 18.7 Å². The number of hydrogen-bond donors (Lipinski definition) is 0. The molecule has 1 aliphatic heterocycles. The van der Waals surface area contributed by atoms with Crippen molar-refractivity contribution < 1.29 is 0 Å². The molecule has 1 heterocycles. The van der Waals surface area contributed by atoms with Gasteiger partial charge in [-0.1, -0.05) is 55.2 Å². The van der Waals surface area contributed by atoms with Crippen LogP contribution in [0.3, 0.4) is 0 Å². The second kappa shape index (κ2) is 6.42. The average Bonchev–Trinajstić information content (AvgIpc) is 2.41. The van der Waals surface area contributed by atoms with Crippen molar-refractivity contribution in [1.29, 1.82) is 0 Å². The largest absolute Gasteiger partial charge is 0.286 e. The van der Waals surface area contributed by atoms with Crippen molar-refractivity contribution in [3.63, 3.8) is 0 Å². The lowest BCUT2D eigenvalue weighted by Crippen LogP contribution is -2.33. The summed E-state index contributed by atoms with van der Waals surface area (Å²) in [5, 5.41) is 0. The molecule has 1 heteroatoms. The maximum Gasteiger partial charge on any atom is 0.0974 e. The molecule has 18 heavy (non-hydrogen) atoms. The van der Waals surface area contributed by atoms with Crippen molar-refractivity contribution in [2.24, 2.45) is 0 Å². The monoisotopic (exact) mass is 239 g/mol. The third-order valence-electron chi connectivity index (χ3n) is 3.29. The van der Waals surface area contributed by atoms with Crippen LogP contribution in [0.2, 0.25) is 0 Å². The van der Waals surface area contributed by atoms with Crippen molar-refractivity contribution in [3.05, 3.63) is 48.0 Å². The standard InChI is InChI=1S/C17H21N/c1-15(2)11-12-17(16-9-5-3-6-10-16)18-13-7-4-8-14-18/h3,5-6,9-10,17H,1,4,7-8,13-14H2,2H3. The minimum absolute atomic E-state index is 0.225. The van der Waals surface area contributed by atoms with E-state index in [0.29, 0.717) is 0 Å². The van der Waals surface area contributed by atoms with Gasteiger partial charge in [0.1, 0.15) is 0 Å². The summed E-state index contributed by atoms with van der Waals surface area (Å²) < 4.78 is 0. The molecule has 0 aliphatic carbocycles. The highest BCUT2D eigenvalue weighted by atomic mass is 15.2. The summed E-state index contributed by atoms with van der Waals surface area (Å²) in [6.07, 6.45) is 3.93. The number of benzene rings is 1. The Hall–Kier alpha value is -1.52. The second-order valence-corrected chi connectivity index (χ2v) is 4.96. The van der Waals surface area contributed by atoms with Crippen molar-refractivity contribution in [2.45, 2.75) is 32.2 Å². The molecule has 0 amide bonds. The smallest absolute Gasteiger partial charge is 0.0974 e. The third kappa shape index (κ3) is 3.48. The Balaban J connectivity index is 2.23. The average molecular weight is 239 g/mol. The molecule has 1 atom stereocenters. The van der Waals surface area contributed by atoms with E-state index < -0.39 is 0 Å². The Morgan fingerprint density at radius 2 is 1.83 bits per heavy atom. The molecular weight excluding hydrogens is 218 g/mol. The molecule has 0 spiro atoms. The van der Waals surface area contributed by atoms with Crippen LogP contribution in [-0.2, 0) is 0 Å². The molecule has 0 aromatic heterocycles. The van der Waals surface area contributed by atoms with Gasteiger partial charge in [0.15, 0.2) is 0 Å². The number of rotatable bonds is 2. The van der Waals surface area contributed by atoms with Crippen LogP contribution in [-0.4, -0.2) is 18.0 Å². The van der Waals surface area contributed by atoms with Gasteiger partial charge in [0, 0.05) is 0 Å². The number of hydrogen-bond acceptors (Lipinski definition) is 1. The highest BCUT2D eigenvalue weighted by Gasteiger charge is 2.19. The summed E-state index contributed by atoms with van der Waals surface area (Å²) in [6, 6.07) is 10.8. The maximum absolute atomic E-state index is 3.87. The van der Waals surface area contributed by atoms with E-state index in [9.17, 15) is 0 Å². The van der Waals surface area contributed by atoms with E-state index in [1.165, 1.54) is 24.8 Å². The Morgan fingerprint density at radius 1 is 1.17 bits per heavy atom. The highest BCUT2D eigenvalue weighted by molar-refractivity contribution is 5.32. The molecular formula is C17H21N. The molecule has 0 bridgehead atoms. The molecule has 1 saturated heterocycles. The summed E-state index contributed by atoms with van der Waals surface area (Å²) in [5.74, 6) is 6.54. The van der Waals surface area contributed by atoms with Gasteiger partial charge in [0.2, 0.25) is 0 Å². The first kappa shape index (κ1) is 12.9. The Kier molecular flexibility index (Phi) is 4.61. The van der Waals surface area contributed by atoms with Crippen molar-refractivity contribution in [3.8, 4) is 11.8 Å². The van der Waals surface area contributed by atoms with Gasteiger partial charge in [-0.05, 0) is 44.0 Å². The number of piperidine rings is 1. The first-order valence-electron chi connectivity index (χ1n) is 6.73. The van der Waals surface area contributed by atoms with Crippen LogP contribution in [0.4, 0.5) is 0 Å².